The smallest absolute Gasteiger partial charge is 0.233 e. The van der Waals surface area contributed by atoms with Gasteiger partial charge in [-0.05, 0) is 61.0 Å². The highest BCUT2D eigenvalue weighted by Crippen LogP contribution is 2.29. The van der Waals surface area contributed by atoms with Gasteiger partial charge in [0, 0.05) is 30.7 Å². The largest absolute Gasteiger partial charge is 0.497 e. The zero-order valence-electron chi connectivity index (χ0n) is 19.1. The number of nitrogens with zero attached hydrogens (tertiary/aromatic N) is 5. The van der Waals surface area contributed by atoms with Gasteiger partial charge in [-0.15, -0.1) is 10.2 Å². The fourth-order valence-corrected chi connectivity index (χ4v) is 4.30. The van der Waals surface area contributed by atoms with Crippen molar-refractivity contribution in [1.29, 1.82) is 0 Å². The number of amides is 1. The van der Waals surface area contributed by atoms with Gasteiger partial charge in [-0.1, -0.05) is 23.9 Å². The Morgan fingerprint density at radius 1 is 1.06 bits per heavy atom. The number of carbonyl (C=O) groups is 1. The zero-order valence-corrected chi connectivity index (χ0v) is 19.9. The number of hydrogen-bond donors (Lipinski definition) is 0. The van der Waals surface area contributed by atoms with Crippen molar-refractivity contribution >= 4 is 17.7 Å². The Morgan fingerprint density at radius 3 is 2.38 bits per heavy atom. The van der Waals surface area contributed by atoms with Crippen molar-refractivity contribution in [3.8, 4) is 22.8 Å². The van der Waals surface area contributed by atoms with Crippen LogP contribution in [0.3, 0.4) is 0 Å². The van der Waals surface area contributed by atoms with Crippen molar-refractivity contribution in [2.24, 2.45) is 0 Å². The highest BCUT2D eigenvalue weighted by atomic mass is 32.2. The maximum Gasteiger partial charge on any atom is 0.233 e. The molecule has 34 heavy (non-hydrogen) atoms. The van der Waals surface area contributed by atoms with E-state index in [1.165, 1.54) is 23.9 Å². The minimum Gasteiger partial charge on any atom is -0.497 e. The first-order valence-corrected chi connectivity index (χ1v) is 11.6. The van der Waals surface area contributed by atoms with E-state index in [1.807, 2.05) is 47.9 Å². The van der Waals surface area contributed by atoms with E-state index in [0.717, 1.165) is 22.6 Å². The van der Waals surface area contributed by atoms with Crippen LogP contribution in [0.2, 0.25) is 0 Å². The Hall–Kier alpha value is -3.72. The molecule has 0 fully saturated rings. The number of pyridine rings is 1. The highest BCUT2D eigenvalue weighted by Gasteiger charge is 2.21. The van der Waals surface area contributed by atoms with Crippen LogP contribution in [0.1, 0.15) is 18.5 Å². The van der Waals surface area contributed by atoms with Crippen LogP contribution in [-0.4, -0.2) is 50.5 Å². The van der Waals surface area contributed by atoms with E-state index in [4.69, 9.17) is 4.74 Å². The lowest BCUT2D eigenvalue weighted by Crippen LogP contribution is -2.31. The van der Waals surface area contributed by atoms with Crippen LogP contribution >= 0.6 is 11.8 Å². The van der Waals surface area contributed by atoms with Gasteiger partial charge in [0.05, 0.1) is 18.9 Å². The zero-order chi connectivity index (χ0) is 24.1. The Labute approximate surface area is 201 Å². The maximum atomic E-state index is 13.3. The molecule has 7 nitrogen and oxygen atoms in total. The number of carbonyl (C=O) groups excluding carboxylic acids is 1. The number of benzene rings is 2. The summed E-state index contributed by atoms with van der Waals surface area (Å²) in [6.45, 7) is 1.91. The molecule has 174 valence electrons. The number of thioether (sulfide) groups is 1. The summed E-state index contributed by atoms with van der Waals surface area (Å²) < 4.78 is 20.4. The van der Waals surface area contributed by atoms with Gasteiger partial charge in [-0.25, -0.2) is 4.39 Å². The molecule has 2 aromatic heterocycles. The van der Waals surface area contributed by atoms with Gasteiger partial charge in [-0.3, -0.25) is 14.3 Å². The van der Waals surface area contributed by atoms with Gasteiger partial charge in [0.2, 0.25) is 5.91 Å². The summed E-state index contributed by atoms with van der Waals surface area (Å²) in [5, 5.41) is 9.35. The third-order valence-electron chi connectivity index (χ3n) is 5.55. The summed E-state index contributed by atoms with van der Waals surface area (Å²) in [7, 11) is 3.36. The SMILES string of the molecule is COc1ccc(-n2c(SCC(=O)N(C)C(C)c3ccc(F)cc3)nnc2-c2ccncc2)cc1. The predicted molar refractivity (Wildman–Crippen MR) is 129 cm³/mol. The monoisotopic (exact) mass is 477 g/mol. The van der Waals surface area contributed by atoms with Crippen LogP contribution in [0.4, 0.5) is 4.39 Å². The summed E-state index contributed by atoms with van der Waals surface area (Å²) in [5.41, 5.74) is 2.57. The molecular formula is C25H24FN5O2S. The van der Waals surface area contributed by atoms with Crippen molar-refractivity contribution in [3.05, 3.63) is 84.4 Å². The lowest BCUT2D eigenvalue weighted by molar-refractivity contribution is -0.128. The van der Waals surface area contributed by atoms with Crippen molar-refractivity contribution in [2.45, 2.75) is 18.1 Å². The van der Waals surface area contributed by atoms with E-state index in [2.05, 4.69) is 15.2 Å². The number of aromatic nitrogens is 4. The Morgan fingerprint density at radius 2 is 1.74 bits per heavy atom. The van der Waals surface area contributed by atoms with Crippen LogP contribution in [0.5, 0.6) is 5.75 Å². The second-order valence-electron chi connectivity index (χ2n) is 7.60. The van der Waals surface area contributed by atoms with E-state index in [-0.39, 0.29) is 23.5 Å². The molecule has 0 spiro atoms. The summed E-state index contributed by atoms with van der Waals surface area (Å²) in [6.07, 6.45) is 3.40. The van der Waals surface area contributed by atoms with Crippen LogP contribution in [-0.2, 0) is 4.79 Å². The molecule has 1 atom stereocenters. The molecular weight excluding hydrogens is 453 g/mol. The molecule has 9 heteroatoms. The molecule has 2 heterocycles. The van der Waals surface area contributed by atoms with Gasteiger partial charge >= 0.3 is 0 Å². The van der Waals surface area contributed by atoms with E-state index in [0.29, 0.717) is 11.0 Å². The molecule has 4 rings (SSSR count). The van der Waals surface area contributed by atoms with Crippen LogP contribution in [0.25, 0.3) is 17.1 Å². The normalized spacial score (nSPS) is 11.8. The molecule has 0 radical (unpaired) electrons. The second-order valence-corrected chi connectivity index (χ2v) is 8.54. The molecule has 0 aliphatic carbocycles. The second kappa shape index (κ2) is 10.5. The third-order valence-corrected chi connectivity index (χ3v) is 6.47. The van der Waals surface area contributed by atoms with Crippen LogP contribution < -0.4 is 4.74 Å². The first-order valence-electron chi connectivity index (χ1n) is 10.6. The summed E-state index contributed by atoms with van der Waals surface area (Å²) in [5.74, 6) is 1.19. The van der Waals surface area contributed by atoms with Crippen molar-refractivity contribution < 1.29 is 13.9 Å². The number of hydrogen-bond acceptors (Lipinski definition) is 6. The highest BCUT2D eigenvalue weighted by molar-refractivity contribution is 7.99. The van der Waals surface area contributed by atoms with Gasteiger partial charge in [0.25, 0.3) is 0 Å². The number of ether oxygens (including phenoxy) is 1. The minimum absolute atomic E-state index is 0.0726. The fourth-order valence-electron chi connectivity index (χ4n) is 3.42. The third kappa shape index (κ3) is 5.09. The molecule has 0 saturated heterocycles. The molecule has 0 bridgehead atoms. The van der Waals surface area contributed by atoms with Gasteiger partial charge in [0.15, 0.2) is 11.0 Å². The molecule has 1 unspecified atom stereocenters. The molecule has 4 aromatic rings. The quantitative estimate of drug-likeness (QED) is 0.340. The standard InChI is InChI=1S/C25H24FN5O2S/c1-17(18-4-6-20(26)7-5-18)30(2)23(32)16-34-25-29-28-24(19-12-14-27-15-13-19)31(25)21-8-10-22(33-3)11-9-21/h4-15,17H,16H2,1-3H3. The Balaban J connectivity index is 1.57. The lowest BCUT2D eigenvalue weighted by atomic mass is 10.1. The first-order chi connectivity index (χ1) is 16.5. The maximum absolute atomic E-state index is 13.3. The van der Waals surface area contributed by atoms with Crippen LogP contribution in [0.15, 0.2) is 78.2 Å². The Bertz CT molecular complexity index is 1250. The van der Waals surface area contributed by atoms with Gasteiger partial charge in [-0.2, -0.15) is 0 Å². The fraction of sp³-hybridized carbons (Fsp3) is 0.200. The molecule has 0 saturated carbocycles. The summed E-state index contributed by atoms with van der Waals surface area (Å²) in [4.78, 5) is 18.7. The molecule has 0 N–H and O–H groups in total. The predicted octanol–water partition coefficient (Wildman–Crippen LogP) is 4.79. The molecule has 0 aliphatic rings. The van der Waals surface area contributed by atoms with Crippen molar-refractivity contribution in [3.63, 3.8) is 0 Å². The molecule has 0 aliphatic heterocycles. The van der Waals surface area contributed by atoms with Crippen molar-refractivity contribution in [2.75, 3.05) is 19.9 Å². The minimum atomic E-state index is -0.302. The average molecular weight is 478 g/mol. The van der Waals surface area contributed by atoms with E-state index >= 15 is 0 Å². The average Bonchev–Trinajstić information content (AvgIpc) is 3.31. The summed E-state index contributed by atoms with van der Waals surface area (Å²) >= 11 is 1.31. The molecule has 2 aromatic carbocycles. The van der Waals surface area contributed by atoms with Gasteiger partial charge < -0.3 is 9.64 Å². The molecule has 1 amide bonds. The van der Waals surface area contributed by atoms with E-state index in [1.54, 1.807) is 43.6 Å². The number of methoxy groups -OCH3 is 1. The first kappa shape index (κ1) is 23.4. The van der Waals surface area contributed by atoms with Gasteiger partial charge in [0.1, 0.15) is 11.6 Å². The number of rotatable bonds is 8. The van der Waals surface area contributed by atoms with E-state index < -0.39 is 0 Å². The van der Waals surface area contributed by atoms with Crippen LogP contribution in [0, 0.1) is 5.82 Å². The number of halogens is 1. The summed E-state index contributed by atoms with van der Waals surface area (Å²) in [6, 6.07) is 17.3. The lowest BCUT2D eigenvalue weighted by Gasteiger charge is -2.25. The van der Waals surface area contributed by atoms with Crippen molar-refractivity contribution in [1.82, 2.24) is 24.6 Å². The van der Waals surface area contributed by atoms with E-state index in [9.17, 15) is 9.18 Å². The topological polar surface area (TPSA) is 73.1 Å². The Kier molecular flexibility index (Phi) is 7.22.